The molecule has 10 nitrogen and oxygen atoms in total. The first kappa shape index (κ1) is 21.6. The van der Waals surface area contributed by atoms with E-state index >= 15 is 0 Å². The maximum absolute atomic E-state index is 12.4. The van der Waals surface area contributed by atoms with Crippen LogP contribution in [0.1, 0.15) is 25.5 Å². The predicted octanol–water partition coefficient (Wildman–Crippen LogP) is 2.42. The van der Waals surface area contributed by atoms with E-state index in [0.717, 1.165) is 5.56 Å². The predicted molar refractivity (Wildman–Crippen MR) is 119 cm³/mol. The highest BCUT2D eigenvalue weighted by Crippen LogP contribution is 2.29. The zero-order valence-corrected chi connectivity index (χ0v) is 18.2. The van der Waals surface area contributed by atoms with Gasteiger partial charge in [0.05, 0.1) is 42.1 Å². The van der Waals surface area contributed by atoms with Crippen molar-refractivity contribution < 1.29 is 17.9 Å². The van der Waals surface area contributed by atoms with Gasteiger partial charge in [-0.15, -0.1) is 0 Å². The first-order valence-electron chi connectivity index (χ1n) is 10.1. The average Bonchev–Trinajstić information content (AvgIpc) is 3.61. The van der Waals surface area contributed by atoms with Gasteiger partial charge in [-0.3, -0.25) is 14.5 Å². The lowest BCUT2D eigenvalue weighted by Gasteiger charge is -2.08. The maximum atomic E-state index is 12.4. The van der Waals surface area contributed by atoms with Crippen LogP contribution in [0.4, 0.5) is 11.6 Å². The van der Waals surface area contributed by atoms with E-state index in [1.807, 2.05) is 19.1 Å². The van der Waals surface area contributed by atoms with Gasteiger partial charge in [-0.1, -0.05) is 12.1 Å². The molecule has 0 aliphatic heterocycles. The Labute approximate surface area is 185 Å². The van der Waals surface area contributed by atoms with Crippen molar-refractivity contribution in [2.45, 2.75) is 31.4 Å². The number of sulfonamides is 1. The Hall–Kier alpha value is -3.60. The first-order chi connectivity index (χ1) is 15.4. The van der Waals surface area contributed by atoms with Crippen LogP contribution in [0.2, 0.25) is 0 Å². The highest BCUT2D eigenvalue weighted by atomic mass is 32.2. The number of rotatable bonds is 9. The summed E-state index contributed by atoms with van der Waals surface area (Å²) >= 11 is 0. The first-order valence-corrected chi connectivity index (χ1v) is 11.7. The summed E-state index contributed by atoms with van der Waals surface area (Å²) in [6.07, 6.45) is 5.87. The van der Waals surface area contributed by atoms with E-state index in [9.17, 15) is 13.2 Å². The third-order valence-corrected chi connectivity index (χ3v) is 6.44. The third-order valence-electron chi connectivity index (χ3n) is 4.62. The number of hydrogen-bond acceptors (Lipinski definition) is 8. The molecule has 1 amide bonds. The fraction of sp³-hybridized carbons (Fsp3) is 0.286. The van der Waals surface area contributed by atoms with E-state index in [-0.39, 0.29) is 23.5 Å². The second-order valence-electron chi connectivity index (χ2n) is 7.20. The molecule has 0 radical (unpaired) electrons. The molecule has 4 rings (SSSR count). The van der Waals surface area contributed by atoms with Crippen LogP contribution in [0.3, 0.4) is 0 Å². The van der Waals surface area contributed by atoms with E-state index in [1.165, 1.54) is 6.20 Å². The lowest BCUT2D eigenvalue weighted by atomic mass is 10.1. The molecule has 2 heterocycles. The van der Waals surface area contributed by atoms with Gasteiger partial charge in [0.25, 0.3) is 0 Å². The number of benzene rings is 1. The van der Waals surface area contributed by atoms with Crippen molar-refractivity contribution in [1.82, 2.24) is 19.9 Å². The summed E-state index contributed by atoms with van der Waals surface area (Å²) < 4.78 is 31.8. The van der Waals surface area contributed by atoms with Crippen LogP contribution in [0, 0.1) is 0 Å². The zero-order valence-electron chi connectivity index (χ0n) is 17.4. The van der Waals surface area contributed by atoms with E-state index < -0.39 is 10.0 Å². The summed E-state index contributed by atoms with van der Waals surface area (Å²) in [6.45, 7) is 2.38. The summed E-state index contributed by atoms with van der Waals surface area (Å²) in [7, 11) is -3.46. The molecule has 0 unspecified atom stereocenters. The second-order valence-corrected chi connectivity index (χ2v) is 9.16. The van der Waals surface area contributed by atoms with Gasteiger partial charge < -0.3 is 10.1 Å². The van der Waals surface area contributed by atoms with Crippen LogP contribution in [-0.4, -0.2) is 46.1 Å². The minimum absolute atomic E-state index is 0.0235. The normalized spacial score (nSPS) is 13.4. The number of aromatic nitrogens is 4. The second kappa shape index (κ2) is 9.27. The van der Waals surface area contributed by atoms with E-state index in [4.69, 9.17) is 4.74 Å². The standard InChI is InChI=1S/C21H22N6O4S/c1-2-31-20-13-22-12-18(26-20)14-3-5-15(6-4-14)24-19(28)11-16-9-10-23-21(25-16)27-32(29,30)17-7-8-17/h3-6,9-10,12-13,17H,2,7-8,11H2,1H3,(H,24,28)(H,23,25,27). The number of anilines is 2. The number of nitrogens with one attached hydrogen (secondary N) is 2. The molecule has 1 fully saturated rings. The van der Waals surface area contributed by atoms with Crippen LogP contribution in [0.15, 0.2) is 48.9 Å². The van der Waals surface area contributed by atoms with Crippen molar-refractivity contribution in [2.75, 3.05) is 16.6 Å². The molecule has 2 aromatic heterocycles. The Morgan fingerprint density at radius 3 is 2.62 bits per heavy atom. The lowest BCUT2D eigenvalue weighted by molar-refractivity contribution is -0.115. The molecule has 0 atom stereocenters. The summed E-state index contributed by atoms with van der Waals surface area (Å²) in [5, 5.41) is 2.42. The summed E-state index contributed by atoms with van der Waals surface area (Å²) in [5.74, 6) is 0.138. The van der Waals surface area contributed by atoms with E-state index in [1.54, 1.807) is 30.6 Å². The molecule has 2 N–H and O–H groups in total. The van der Waals surface area contributed by atoms with Crippen molar-refractivity contribution in [3.8, 4) is 17.1 Å². The fourth-order valence-electron chi connectivity index (χ4n) is 2.93. The monoisotopic (exact) mass is 454 g/mol. The number of hydrogen-bond donors (Lipinski definition) is 2. The highest BCUT2D eigenvalue weighted by molar-refractivity contribution is 7.93. The molecule has 3 aromatic rings. The van der Waals surface area contributed by atoms with Crippen molar-refractivity contribution in [3.05, 3.63) is 54.6 Å². The van der Waals surface area contributed by atoms with Crippen LogP contribution in [-0.2, 0) is 21.2 Å². The Morgan fingerprint density at radius 2 is 1.91 bits per heavy atom. The van der Waals surface area contributed by atoms with Gasteiger partial charge in [0, 0.05) is 17.4 Å². The van der Waals surface area contributed by atoms with Crippen LogP contribution in [0.5, 0.6) is 5.88 Å². The molecule has 0 spiro atoms. The Kier molecular flexibility index (Phi) is 6.26. The van der Waals surface area contributed by atoms with Crippen molar-refractivity contribution in [2.24, 2.45) is 0 Å². The molecular weight excluding hydrogens is 432 g/mol. The van der Waals surface area contributed by atoms with E-state index in [2.05, 4.69) is 30.0 Å². The number of carbonyl (C=O) groups excluding carboxylic acids is 1. The number of nitrogens with zero attached hydrogens (tertiary/aromatic N) is 4. The maximum Gasteiger partial charge on any atom is 0.237 e. The number of carbonyl (C=O) groups is 1. The topological polar surface area (TPSA) is 136 Å². The van der Waals surface area contributed by atoms with Gasteiger partial charge in [-0.25, -0.2) is 23.4 Å². The summed E-state index contributed by atoms with van der Waals surface area (Å²) in [6, 6.07) is 8.74. The number of amides is 1. The molecule has 1 aromatic carbocycles. The van der Waals surface area contributed by atoms with Crippen LogP contribution < -0.4 is 14.8 Å². The highest BCUT2D eigenvalue weighted by Gasteiger charge is 2.36. The van der Waals surface area contributed by atoms with Crippen molar-refractivity contribution in [1.29, 1.82) is 0 Å². The molecule has 166 valence electrons. The van der Waals surface area contributed by atoms with Crippen LogP contribution in [0.25, 0.3) is 11.3 Å². The van der Waals surface area contributed by atoms with Crippen molar-refractivity contribution >= 4 is 27.6 Å². The third kappa shape index (κ3) is 5.55. The molecule has 11 heteroatoms. The Balaban J connectivity index is 1.37. The van der Waals surface area contributed by atoms with Gasteiger partial charge in [-0.2, -0.15) is 0 Å². The molecule has 0 bridgehead atoms. The largest absolute Gasteiger partial charge is 0.477 e. The lowest BCUT2D eigenvalue weighted by Crippen LogP contribution is -2.20. The molecule has 32 heavy (non-hydrogen) atoms. The van der Waals surface area contributed by atoms with E-state index in [0.29, 0.717) is 42.4 Å². The Bertz CT molecular complexity index is 1210. The SMILES string of the molecule is CCOc1cncc(-c2ccc(NC(=O)Cc3ccnc(NS(=O)(=O)C4CC4)n3)cc2)n1. The quantitative estimate of drug-likeness (QED) is 0.503. The van der Waals surface area contributed by atoms with Gasteiger partial charge in [0.1, 0.15) is 0 Å². The average molecular weight is 455 g/mol. The molecule has 1 aliphatic carbocycles. The van der Waals surface area contributed by atoms with Gasteiger partial charge >= 0.3 is 0 Å². The minimum atomic E-state index is -3.46. The smallest absolute Gasteiger partial charge is 0.237 e. The molecule has 1 aliphatic rings. The van der Waals surface area contributed by atoms with Crippen molar-refractivity contribution in [3.63, 3.8) is 0 Å². The Morgan fingerprint density at radius 1 is 1.12 bits per heavy atom. The minimum Gasteiger partial charge on any atom is -0.477 e. The molecule has 0 saturated heterocycles. The summed E-state index contributed by atoms with van der Waals surface area (Å²) in [4.78, 5) is 29.0. The van der Waals surface area contributed by atoms with Gasteiger partial charge in [0.15, 0.2) is 0 Å². The fourth-order valence-corrected chi connectivity index (χ4v) is 4.21. The summed E-state index contributed by atoms with van der Waals surface area (Å²) in [5.41, 5.74) is 2.51. The zero-order chi connectivity index (χ0) is 22.6. The molecular formula is C21H22N6O4S. The molecule has 1 saturated carbocycles. The number of ether oxygens (including phenoxy) is 1. The van der Waals surface area contributed by atoms with Gasteiger partial charge in [-0.05, 0) is 38.0 Å². The van der Waals surface area contributed by atoms with Crippen LogP contribution >= 0.6 is 0 Å². The van der Waals surface area contributed by atoms with Gasteiger partial charge in [0.2, 0.25) is 27.8 Å².